The quantitative estimate of drug-likeness (QED) is 0.394. The normalized spacial score (nSPS) is 13.3. The predicted octanol–water partition coefficient (Wildman–Crippen LogP) is -1.82. The highest BCUT2D eigenvalue weighted by Crippen LogP contribution is 2.23. The molecule has 0 bridgehead atoms. The van der Waals surface area contributed by atoms with Crippen molar-refractivity contribution in [2.45, 2.75) is 6.04 Å². The molecule has 1 unspecified atom stereocenters. The van der Waals surface area contributed by atoms with Crippen molar-refractivity contribution in [3.8, 4) is 0 Å². The van der Waals surface area contributed by atoms with Crippen LogP contribution in [0.2, 0.25) is 0 Å². The number of aliphatic hydroxyl groups excluding tert-OH is 3. The molecule has 1 heterocycles. The second kappa shape index (κ2) is 4.96. The van der Waals surface area contributed by atoms with Gasteiger partial charge in [0.05, 0.1) is 37.7 Å². The summed E-state index contributed by atoms with van der Waals surface area (Å²) in [7, 11) is 0. The minimum atomic E-state index is -0.572. The molecule has 1 rings (SSSR count). The molecule has 0 aliphatic heterocycles. The molecule has 15 heavy (non-hydrogen) atoms. The van der Waals surface area contributed by atoms with E-state index in [1.54, 1.807) is 0 Å². The fourth-order valence-electron chi connectivity index (χ4n) is 1.38. The van der Waals surface area contributed by atoms with Crippen LogP contribution in [0, 0.1) is 5.92 Å². The largest absolute Gasteiger partial charge is 0.396 e. The summed E-state index contributed by atoms with van der Waals surface area (Å²) in [5.74, 6) is -0.294. The molecular formula is C8H16N4O3. The number of nitrogen functional groups attached to an aromatic ring is 2. The topological polar surface area (TPSA) is 131 Å². The third kappa shape index (κ3) is 2.20. The van der Waals surface area contributed by atoms with Crippen LogP contribution in [0.15, 0.2) is 6.20 Å². The lowest BCUT2D eigenvalue weighted by Gasteiger charge is -2.23. The first-order valence-electron chi connectivity index (χ1n) is 4.56. The molecule has 0 aliphatic rings. The van der Waals surface area contributed by atoms with Crippen molar-refractivity contribution in [1.82, 2.24) is 9.78 Å². The molecule has 0 aromatic carbocycles. The Morgan fingerprint density at radius 1 is 1.20 bits per heavy atom. The Morgan fingerprint density at radius 2 is 1.80 bits per heavy atom. The van der Waals surface area contributed by atoms with Crippen molar-refractivity contribution < 1.29 is 15.3 Å². The molecule has 7 N–H and O–H groups in total. The molecule has 7 nitrogen and oxygen atoms in total. The van der Waals surface area contributed by atoms with Gasteiger partial charge in [-0.25, -0.2) is 4.68 Å². The highest BCUT2D eigenvalue weighted by Gasteiger charge is 2.24. The maximum Gasteiger partial charge on any atom is 0.145 e. The van der Waals surface area contributed by atoms with Gasteiger partial charge < -0.3 is 26.8 Å². The van der Waals surface area contributed by atoms with Gasteiger partial charge in [0.15, 0.2) is 0 Å². The van der Waals surface area contributed by atoms with E-state index in [-0.39, 0.29) is 25.6 Å². The molecule has 1 aromatic heterocycles. The van der Waals surface area contributed by atoms with Crippen LogP contribution >= 0.6 is 0 Å². The number of hydrogen-bond donors (Lipinski definition) is 5. The van der Waals surface area contributed by atoms with E-state index in [1.165, 1.54) is 10.9 Å². The monoisotopic (exact) mass is 216 g/mol. The lowest BCUT2D eigenvalue weighted by atomic mass is 10.0. The number of hydrogen-bond acceptors (Lipinski definition) is 6. The highest BCUT2D eigenvalue weighted by molar-refractivity contribution is 5.57. The van der Waals surface area contributed by atoms with Crippen LogP contribution in [0.5, 0.6) is 0 Å². The lowest BCUT2D eigenvalue weighted by molar-refractivity contribution is 0.0738. The van der Waals surface area contributed by atoms with Crippen molar-refractivity contribution in [3.05, 3.63) is 6.20 Å². The maximum atomic E-state index is 9.17. The molecule has 0 aliphatic carbocycles. The lowest BCUT2D eigenvalue weighted by Crippen LogP contribution is -2.29. The summed E-state index contributed by atoms with van der Waals surface area (Å²) in [5, 5.41) is 31.1. The summed E-state index contributed by atoms with van der Waals surface area (Å²) in [4.78, 5) is 0. The third-order valence-corrected chi connectivity index (χ3v) is 2.38. The predicted molar refractivity (Wildman–Crippen MR) is 54.8 cm³/mol. The van der Waals surface area contributed by atoms with Crippen molar-refractivity contribution in [3.63, 3.8) is 0 Å². The van der Waals surface area contributed by atoms with Crippen LogP contribution in [-0.4, -0.2) is 44.9 Å². The zero-order chi connectivity index (χ0) is 11.4. The van der Waals surface area contributed by atoms with E-state index >= 15 is 0 Å². The Labute approximate surface area is 86.9 Å². The van der Waals surface area contributed by atoms with Gasteiger partial charge in [0.25, 0.3) is 0 Å². The average molecular weight is 216 g/mol. The summed E-state index contributed by atoms with van der Waals surface area (Å²) in [6, 6.07) is -0.572. The standard InChI is InChI=1S/C8H16N4O3/c9-6-1-11-12(8(6)10)7(4-15)5(2-13)3-14/h1,5,7,13-15H,2-4,9-10H2. The molecule has 0 fully saturated rings. The number of aliphatic hydroxyl groups is 3. The molecular weight excluding hydrogens is 200 g/mol. The first-order valence-corrected chi connectivity index (χ1v) is 4.56. The van der Waals surface area contributed by atoms with E-state index < -0.39 is 12.0 Å². The molecule has 0 spiro atoms. The Kier molecular flexibility index (Phi) is 3.89. The van der Waals surface area contributed by atoms with E-state index in [2.05, 4.69) is 5.10 Å². The summed E-state index contributed by atoms with van der Waals surface area (Å²) in [5.41, 5.74) is 11.4. The van der Waals surface area contributed by atoms with Gasteiger partial charge in [0.1, 0.15) is 5.82 Å². The van der Waals surface area contributed by atoms with Gasteiger partial charge in [-0.05, 0) is 0 Å². The smallest absolute Gasteiger partial charge is 0.145 e. The third-order valence-electron chi connectivity index (χ3n) is 2.38. The van der Waals surface area contributed by atoms with Crippen LogP contribution in [-0.2, 0) is 0 Å². The van der Waals surface area contributed by atoms with Crippen molar-refractivity contribution in [2.24, 2.45) is 5.92 Å². The summed E-state index contributed by atoms with van der Waals surface area (Å²) in [6.45, 7) is -0.807. The van der Waals surface area contributed by atoms with Gasteiger partial charge in [-0.15, -0.1) is 0 Å². The van der Waals surface area contributed by atoms with Gasteiger partial charge >= 0.3 is 0 Å². The summed E-state index contributed by atoms with van der Waals surface area (Å²) < 4.78 is 1.31. The highest BCUT2D eigenvalue weighted by atomic mass is 16.3. The molecule has 0 radical (unpaired) electrons. The van der Waals surface area contributed by atoms with E-state index in [0.29, 0.717) is 5.69 Å². The molecule has 0 amide bonds. The zero-order valence-electron chi connectivity index (χ0n) is 8.24. The second-order valence-electron chi connectivity index (χ2n) is 3.30. The minimum Gasteiger partial charge on any atom is -0.396 e. The minimum absolute atomic E-state index is 0.223. The molecule has 86 valence electrons. The van der Waals surface area contributed by atoms with Gasteiger partial charge in [-0.3, -0.25) is 0 Å². The number of aromatic nitrogens is 2. The molecule has 7 heteroatoms. The second-order valence-corrected chi connectivity index (χ2v) is 3.30. The molecule has 0 saturated heterocycles. The van der Waals surface area contributed by atoms with Crippen LogP contribution < -0.4 is 11.5 Å². The number of anilines is 2. The number of nitrogens with zero attached hydrogens (tertiary/aromatic N) is 2. The van der Waals surface area contributed by atoms with E-state index in [0.717, 1.165) is 0 Å². The fraction of sp³-hybridized carbons (Fsp3) is 0.625. The number of nitrogens with two attached hydrogens (primary N) is 2. The Morgan fingerprint density at radius 3 is 2.13 bits per heavy atom. The maximum absolute atomic E-state index is 9.17. The molecule has 0 saturated carbocycles. The number of rotatable bonds is 5. The Hall–Kier alpha value is -1.31. The van der Waals surface area contributed by atoms with Crippen LogP contribution in [0.3, 0.4) is 0 Å². The van der Waals surface area contributed by atoms with Crippen molar-refractivity contribution in [2.75, 3.05) is 31.3 Å². The van der Waals surface area contributed by atoms with Crippen molar-refractivity contribution >= 4 is 11.5 Å². The van der Waals surface area contributed by atoms with Gasteiger partial charge in [-0.1, -0.05) is 0 Å². The van der Waals surface area contributed by atoms with Crippen molar-refractivity contribution in [1.29, 1.82) is 0 Å². The first kappa shape index (κ1) is 11.8. The van der Waals surface area contributed by atoms with Gasteiger partial charge in [-0.2, -0.15) is 5.10 Å². The molecule has 1 atom stereocenters. The van der Waals surface area contributed by atoms with Crippen LogP contribution in [0.25, 0.3) is 0 Å². The van der Waals surface area contributed by atoms with Crippen LogP contribution in [0.4, 0.5) is 11.5 Å². The summed E-state index contributed by atoms with van der Waals surface area (Å²) in [6.07, 6.45) is 1.36. The van der Waals surface area contributed by atoms with E-state index in [1.807, 2.05) is 0 Å². The van der Waals surface area contributed by atoms with Gasteiger partial charge in [0, 0.05) is 5.92 Å². The SMILES string of the molecule is Nc1cnn(C(CO)C(CO)CO)c1N. The Balaban J connectivity index is 2.96. The summed E-state index contributed by atoms with van der Waals surface area (Å²) >= 11 is 0. The fourth-order valence-corrected chi connectivity index (χ4v) is 1.38. The van der Waals surface area contributed by atoms with E-state index in [4.69, 9.17) is 26.8 Å². The average Bonchev–Trinajstić information content (AvgIpc) is 2.57. The van der Waals surface area contributed by atoms with E-state index in [9.17, 15) is 0 Å². The first-order chi connectivity index (χ1) is 7.15. The molecule has 1 aromatic rings. The van der Waals surface area contributed by atoms with Gasteiger partial charge in [0.2, 0.25) is 0 Å². The Bertz CT molecular complexity index is 311. The zero-order valence-corrected chi connectivity index (χ0v) is 8.24. The van der Waals surface area contributed by atoms with Crippen LogP contribution in [0.1, 0.15) is 6.04 Å².